The second-order valence-electron chi connectivity index (χ2n) is 8.58. The van der Waals surface area contributed by atoms with Gasteiger partial charge in [0.05, 0.1) is 0 Å². The van der Waals surface area contributed by atoms with Crippen LogP contribution in [0.1, 0.15) is 148 Å². The van der Waals surface area contributed by atoms with Crippen molar-refractivity contribution < 1.29 is 0 Å². The molecule has 0 radical (unpaired) electrons. The van der Waals surface area contributed by atoms with Gasteiger partial charge in [-0.05, 0) is 54.8 Å². The smallest absolute Gasteiger partial charge is 0.0274 e. The van der Waals surface area contributed by atoms with E-state index in [-0.39, 0.29) is 0 Å². The van der Waals surface area contributed by atoms with Gasteiger partial charge in [-0.2, -0.15) is 0 Å². The van der Waals surface area contributed by atoms with Crippen molar-refractivity contribution in [2.24, 2.45) is 29.1 Å². The molecule has 1 aliphatic carbocycles. The van der Waals surface area contributed by atoms with Gasteiger partial charge in [0.1, 0.15) is 0 Å². The van der Waals surface area contributed by atoms with Crippen LogP contribution in [0.2, 0.25) is 0 Å². The molecule has 0 bridgehead atoms. The highest BCUT2D eigenvalue weighted by Crippen LogP contribution is 2.51. The van der Waals surface area contributed by atoms with Gasteiger partial charge in [-0.1, -0.05) is 123 Å². The summed E-state index contributed by atoms with van der Waals surface area (Å²) in [5.41, 5.74) is 0.735. The fourth-order valence-corrected chi connectivity index (χ4v) is 3.76. The van der Waals surface area contributed by atoms with Crippen LogP contribution < -0.4 is 0 Å². The topological polar surface area (TPSA) is 0 Å². The van der Waals surface area contributed by atoms with E-state index in [0.29, 0.717) is 0 Å². The van der Waals surface area contributed by atoms with E-state index in [2.05, 4.69) is 55.4 Å². The quantitative estimate of drug-likeness (QED) is 0.389. The molecule has 27 heavy (non-hydrogen) atoms. The van der Waals surface area contributed by atoms with Gasteiger partial charge in [0, 0.05) is 0 Å². The molecule has 0 aromatic rings. The van der Waals surface area contributed by atoms with Gasteiger partial charge in [0.2, 0.25) is 0 Å². The van der Waals surface area contributed by atoms with Crippen molar-refractivity contribution >= 4 is 0 Å². The van der Waals surface area contributed by atoms with Crippen molar-refractivity contribution in [3.63, 3.8) is 0 Å². The van der Waals surface area contributed by atoms with E-state index in [1.165, 1.54) is 51.4 Å². The van der Waals surface area contributed by atoms with E-state index in [1.807, 2.05) is 41.5 Å². The Balaban J connectivity index is -0.000000224. The molecule has 1 fully saturated rings. The third kappa shape index (κ3) is 17.8. The molecule has 0 heterocycles. The lowest BCUT2D eigenvalue weighted by Gasteiger charge is -2.46. The molecule has 1 rings (SSSR count). The lowest BCUT2D eigenvalue weighted by Crippen LogP contribution is -2.35. The second-order valence-corrected chi connectivity index (χ2v) is 8.58. The maximum absolute atomic E-state index is 2.50. The normalized spacial score (nSPS) is 16.0. The lowest BCUT2D eigenvalue weighted by atomic mass is 9.59. The highest BCUT2D eigenvalue weighted by Gasteiger charge is 2.39. The Morgan fingerprint density at radius 2 is 1.11 bits per heavy atom. The summed E-state index contributed by atoms with van der Waals surface area (Å²) in [6.45, 7) is 30.6. The van der Waals surface area contributed by atoms with Crippen molar-refractivity contribution in [2.75, 3.05) is 0 Å². The van der Waals surface area contributed by atoms with Crippen LogP contribution in [0.3, 0.4) is 0 Å². The molecule has 0 saturated heterocycles. The summed E-state index contributed by atoms with van der Waals surface area (Å²) in [6, 6.07) is 0. The fourth-order valence-electron chi connectivity index (χ4n) is 3.76. The number of rotatable bonds is 8. The van der Waals surface area contributed by atoms with Crippen molar-refractivity contribution in [2.45, 2.75) is 148 Å². The van der Waals surface area contributed by atoms with Crippen LogP contribution >= 0.6 is 0 Å². The van der Waals surface area contributed by atoms with Gasteiger partial charge in [-0.25, -0.2) is 0 Å². The summed E-state index contributed by atoms with van der Waals surface area (Å²) in [5, 5.41) is 0. The van der Waals surface area contributed by atoms with Gasteiger partial charge < -0.3 is 0 Å². The monoisotopic (exact) mass is 386 g/mol. The van der Waals surface area contributed by atoms with E-state index in [0.717, 1.165) is 29.1 Å². The van der Waals surface area contributed by atoms with Crippen LogP contribution in [0.25, 0.3) is 0 Å². The molecule has 1 saturated carbocycles. The maximum Gasteiger partial charge on any atom is -0.0274 e. The fraction of sp³-hybridized carbons (Fsp3) is 1.00. The molecule has 1 aliphatic rings. The molecule has 0 aliphatic heterocycles. The number of hydrogen-bond acceptors (Lipinski definition) is 0. The van der Waals surface area contributed by atoms with Gasteiger partial charge in [-0.3, -0.25) is 0 Å². The molecule has 0 spiro atoms. The van der Waals surface area contributed by atoms with E-state index in [4.69, 9.17) is 0 Å². The Morgan fingerprint density at radius 1 is 0.704 bits per heavy atom. The lowest BCUT2D eigenvalue weighted by molar-refractivity contribution is 0.0459. The van der Waals surface area contributed by atoms with Gasteiger partial charge in [0.15, 0.2) is 0 Å². The standard InChI is InChI=1S/C17H34.C4H10.3C2H6/c1-6-9-16(7-2)15(5)10-13-17(14(3)4)11-8-12-17;1-4(2)3;3*1-2/h14-16H,6-13H2,1-5H3;4H,1-3H3;3*1-2H3. The first-order valence-corrected chi connectivity index (χ1v) is 12.8. The highest BCUT2D eigenvalue weighted by molar-refractivity contribution is 4.90. The van der Waals surface area contributed by atoms with Crippen molar-refractivity contribution in [1.82, 2.24) is 0 Å². The first kappa shape index (κ1) is 34.5. The van der Waals surface area contributed by atoms with E-state index in [9.17, 15) is 0 Å². The molecular weight excluding hydrogens is 324 g/mol. The summed E-state index contributed by atoms with van der Waals surface area (Å²) < 4.78 is 0. The minimum atomic E-state index is 0.735. The molecule has 0 N–H and O–H groups in total. The average Bonchev–Trinajstić information content (AvgIpc) is 2.63. The molecule has 0 aromatic carbocycles. The summed E-state index contributed by atoms with van der Waals surface area (Å²) in [6.07, 6.45) is 11.6. The van der Waals surface area contributed by atoms with Crippen molar-refractivity contribution in [3.05, 3.63) is 0 Å². The predicted octanol–water partition coefficient (Wildman–Crippen LogP) is 10.8. The van der Waals surface area contributed by atoms with Crippen LogP contribution in [-0.4, -0.2) is 0 Å². The largest absolute Gasteiger partial charge is 0.0683 e. The van der Waals surface area contributed by atoms with Crippen molar-refractivity contribution in [1.29, 1.82) is 0 Å². The Hall–Kier alpha value is 0. The predicted molar refractivity (Wildman–Crippen MR) is 133 cm³/mol. The zero-order valence-corrected chi connectivity index (χ0v) is 22.5. The third-order valence-corrected chi connectivity index (χ3v) is 5.66. The van der Waals surface area contributed by atoms with Crippen LogP contribution in [0.5, 0.6) is 0 Å². The first-order chi connectivity index (χ1) is 12.8. The maximum atomic E-state index is 2.50. The molecule has 170 valence electrons. The van der Waals surface area contributed by atoms with Gasteiger partial charge in [-0.15, -0.1) is 0 Å². The highest BCUT2D eigenvalue weighted by atomic mass is 14.4. The molecule has 0 aromatic heterocycles. The van der Waals surface area contributed by atoms with Crippen LogP contribution in [0, 0.1) is 29.1 Å². The summed E-state index contributed by atoms with van der Waals surface area (Å²) in [4.78, 5) is 0. The SMILES string of the molecule is CC.CC.CC.CC(C)C.CCCC(CC)C(C)CCC1(C(C)C)CCC1. The number of hydrogen-bond donors (Lipinski definition) is 0. The zero-order valence-electron chi connectivity index (χ0n) is 22.5. The van der Waals surface area contributed by atoms with Crippen LogP contribution in [-0.2, 0) is 0 Å². The molecule has 2 unspecified atom stereocenters. The van der Waals surface area contributed by atoms with Gasteiger partial charge in [0.25, 0.3) is 0 Å². The first-order valence-electron chi connectivity index (χ1n) is 12.8. The Kier molecular flexibility index (Phi) is 30.7. The minimum absolute atomic E-state index is 0.735. The summed E-state index contributed by atoms with van der Waals surface area (Å²) in [5.74, 6) is 3.65. The van der Waals surface area contributed by atoms with E-state index >= 15 is 0 Å². The Bertz CT molecular complexity index is 232. The second kappa shape index (κ2) is 24.0. The Morgan fingerprint density at radius 3 is 1.33 bits per heavy atom. The van der Waals surface area contributed by atoms with E-state index in [1.54, 1.807) is 0 Å². The molecule has 0 heteroatoms. The van der Waals surface area contributed by atoms with Crippen LogP contribution in [0.4, 0.5) is 0 Å². The zero-order chi connectivity index (χ0) is 22.5. The average molecular weight is 387 g/mol. The molecule has 0 amide bonds. The molecular formula is C27H62. The molecule has 2 atom stereocenters. The van der Waals surface area contributed by atoms with E-state index < -0.39 is 0 Å². The minimum Gasteiger partial charge on any atom is -0.0683 e. The van der Waals surface area contributed by atoms with Crippen LogP contribution in [0.15, 0.2) is 0 Å². The molecule has 0 nitrogen and oxygen atoms in total. The summed E-state index contributed by atoms with van der Waals surface area (Å²) in [7, 11) is 0. The van der Waals surface area contributed by atoms with Gasteiger partial charge >= 0.3 is 0 Å². The summed E-state index contributed by atoms with van der Waals surface area (Å²) >= 11 is 0. The third-order valence-electron chi connectivity index (χ3n) is 5.66. The Labute approximate surface area is 177 Å². The van der Waals surface area contributed by atoms with Crippen molar-refractivity contribution in [3.8, 4) is 0 Å².